The maximum Gasteiger partial charge on any atom is 0.309 e. The lowest BCUT2D eigenvalue weighted by molar-refractivity contribution is -0.139. The summed E-state index contributed by atoms with van der Waals surface area (Å²) in [6, 6.07) is 6.37. The first-order valence-electron chi connectivity index (χ1n) is 10.3. The van der Waals surface area contributed by atoms with Gasteiger partial charge in [0, 0.05) is 45.3 Å². The van der Waals surface area contributed by atoms with Gasteiger partial charge in [-0.2, -0.15) is 4.31 Å². The van der Waals surface area contributed by atoms with E-state index >= 15 is 0 Å². The zero-order valence-electron chi connectivity index (χ0n) is 17.3. The van der Waals surface area contributed by atoms with E-state index < -0.39 is 21.8 Å². The van der Waals surface area contributed by atoms with Crippen molar-refractivity contribution < 1.29 is 22.7 Å². The van der Waals surface area contributed by atoms with Crippen LogP contribution in [0.3, 0.4) is 0 Å². The van der Waals surface area contributed by atoms with E-state index in [-0.39, 0.29) is 17.5 Å². The van der Waals surface area contributed by atoms with Crippen molar-refractivity contribution in [3.05, 3.63) is 29.8 Å². The number of carbonyl (C=O) groups is 2. The number of amides is 2. The van der Waals surface area contributed by atoms with Crippen LogP contribution in [0.15, 0.2) is 29.2 Å². The summed E-state index contributed by atoms with van der Waals surface area (Å²) in [6.07, 6.45) is 1.36. The molecule has 10 heteroatoms. The second-order valence-electron chi connectivity index (χ2n) is 7.64. The van der Waals surface area contributed by atoms with Crippen molar-refractivity contribution in [1.29, 1.82) is 0 Å². The van der Waals surface area contributed by atoms with Gasteiger partial charge in [0.1, 0.15) is 0 Å². The smallest absolute Gasteiger partial charge is 0.309 e. The Morgan fingerprint density at radius 1 is 1.07 bits per heavy atom. The Labute approximate surface area is 177 Å². The predicted molar refractivity (Wildman–Crippen MR) is 111 cm³/mol. The van der Waals surface area contributed by atoms with Crippen LogP contribution >= 0.6 is 0 Å². The third kappa shape index (κ3) is 5.78. The van der Waals surface area contributed by atoms with Gasteiger partial charge in [0.05, 0.1) is 18.1 Å². The maximum absolute atomic E-state index is 12.9. The number of sulfonamides is 1. The number of benzene rings is 1. The summed E-state index contributed by atoms with van der Waals surface area (Å²) in [5, 5.41) is 5.20. The Morgan fingerprint density at radius 3 is 2.43 bits per heavy atom. The molecular weight excluding hydrogens is 408 g/mol. The van der Waals surface area contributed by atoms with Crippen LogP contribution in [0.5, 0.6) is 0 Å². The molecule has 2 N–H and O–H groups in total. The molecule has 0 saturated carbocycles. The number of hydrogen-bond donors (Lipinski definition) is 2. The molecule has 2 saturated heterocycles. The van der Waals surface area contributed by atoms with Crippen molar-refractivity contribution in [3.8, 4) is 0 Å². The number of hydrogen-bond acceptors (Lipinski definition) is 6. The molecule has 0 unspecified atom stereocenters. The van der Waals surface area contributed by atoms with Gasteiger partial charge in [-0.05, 0) is 31.9 Å². The first kappa shape index (κ1) is 22.7. The van der Waals surface area contributed by atoms with Gasteiger partial charge in [-0.3, -0.25) is 14.5 Å². The second kappa shape index (κ2) is 10.3. The lowest BCUT2D eigenvalue weighted by Crippen LogP contribution is -2.48. The standard InChI is InChI=1S/C20H30N4O5S/c1-16-4-6-18(7-5-16)30(27,28)24-9-2-3-17(24)15-22-20(26)19(25)21-8-10-23-11-13-29-14-12-23/h4-7,17H,2-3,8-15H2,1H3,(H,21,25)(H,22,26)/t17-/m0/s1. The summed E-state index contributed by atoms with van der Waals surface area (Å²) in [5.74, 6) is -1.44. The maximum atomic E-state index is 12.9. The van der Waals surface area contributed by atoms with Crippen molar-refractivity contribution in [2.45, 2.75) is 30.7 Å². The minimum absolute atomic E-state index is 0.112. The first-order valence-corrected chi connectivity index (χ1v) is 11.8. The van der Waals surface area contributed by atoms with Gasteiger partial charge in [-0.15, -0.1) is 0 Å². The van der Waals surface area contributed by atoms with Crippen molar-refractivity contribution in [1.82, 2.24) is 19.8 Å². The summed E-state index contributed by atoms with van der Waals surface area (Å²) in [7, 11) is -3.63. The van der Waals surface area contributed by atoms with Gasteiger partial charge in [0.25, 0.3) is 0 Å². The SMILES string of the molecule is Cc1ccc(S(=O)(=O)N2CCC[C@H]2CNC(=O)C(=O)NCCN2CCOCC2)cc1. The van der Waals surface area contributed by atoms with E-state index in [4.69, 9.17) is 4.74 Å². The summed E-state index contributed by atoms with van der Waals surface area (Å²) in [4.78, 5) is 26.5. The minimum Gasteiger partial charge on any atom is -0.379 e. The molecule has 0 spiro atoms. The number of carbonyl (C=O) groups excluding carboxylic acids is 2. The normalized spacial score (nSPS) is 20.8. The Balaban J connectivity index is 1.47. The van der Waals surface area contributed by atoms with Gasteiger partial charge in [-0.1, -0.05) is 17.7 Å². The summed E-state index contributed by atoms with van der Waals surface area (Å²) < 4.78 is 32.6. The van der Waals surface area contributed by atoms with Gasteiger partial charge in [0.2, 0.25) is 10.0 Å². The molecule has 30 heavy (non-hydrogen) atoms. The molecule has 0 radical (unpaired) electrons. The largest absolute Gasteiger partial charge is 0.379 e. The van der Waals surface area contributed by atoms with Gasteiger partial charge in [0.15, 0.2) is 0 Å². The minimum atomic E-state index is -3.63. The summed E-state index contributed by atoms with van der Waals surface area (Å²) in [5.41, 5.74) is 0.985. The van der Waals surface area contributed by atoms with E-state index in [1.807, 2.05) is 6.92 Å². The highest BCUT2D eigenvalue weighted by Crippen LogP contribution is 2.25. The lowest BCUT2D eigenvalue weighted by Gasteiger charge is -2.26. The fraction of sp³-hybridized carbons (Fsp3) is 0.600. The molecule has 2 heterocycles. The number of rotatable bonds is 7. The van der Waals surface area contributed by atoms with Crippen LogP contribution in [0, 0.1) is 6.92 Å². The second-order valence-corrected chi connectivity index (χ2v) is 9.54. The molecule has 9 nitrogen and oxygen atoms in total. The zero-order chi connectivity index (χ0) is 21.6. The number of nitrogens with one attached hydrogen (secondary N) is 2. The van der Waals surface area contributed by atoms with Crippen LogP contribution in [0.25, 0.3) is 0 Å². The molecule has 1 aromatic rings. The van der Waals surface area contributed by atoms with Crippen molar-refractivity contribution in [2.75, 3.05) is 52.5 Å². The van der Waals surface area contributed by atoms with E-state index in [1.165, 1.54) is 4.31 Å². The fourth-order valence-electron chi connectivity index (χ4n) is 3.70. The molecule has 166 valence electrons. The van der Waals surface area contributed by atoms with Crippen LogP contribution in [0.1, 0.15) is 18.4 Å². The van der Waals surface area contributed by atoms with Crippen LogP contribution in [0.2, 0.25) is 0 Å². The average molecular weight is 439 g/mol. The molecule has 1 atom stereocenters. The van der Waals surface area contributed by atoms with Gasteiger partial charge < -0.3 is 15.4 Å². The van der Waals surface area contributed by atoms with E-state index in [9.17, 15) is 18.0 Å². The number of nitrogens with zero attached hydrogens (tertiary/aromatic N) is 2. The average Bonchev–Trinajstić information content (AvgIpc) is 3.22. The van der Waals surface area contributed by atoms with Gasteiger partial charge >= 0.3 is 11.8 Å². The van der Waals surface area contributed by atoms with Gasteiger partial charge in [-0.25, -0.2) is 8.42 Å². The lowest BCUT2D eigenvalue weighted by atomic mass is 10.2. The molecule has 2 aliphatic rings. The molecule has 0 aromatic heterocycles. The summed E-state index contributed by atoms with van der Waals surface area (Å²) >= 11 is 0. The molecular formula is C20H30N4O5S. The molecule has 2 amide bonds. The van der Waals surface area contributed by atoms with Crippen molar-refractivity contribution in [3.63, 3.8) is 0 Å². The zero-order valence-corrected chi connectivity index (χ0v) is 18.1. The van der Waals surface area contributed by atoms with Crippen LogP contribution in [-0.2, 0) is 24.3 Å². The summed E-state index contributed by atoms with van der Waals surface area (Å²) in [6.45, 7) is 6.44. The topological polar surface area (TPSA) is 108 Å². The Bertz CT molecular complexity index is 837. The third-order valence-corrected chi connectivity index (χ3v) is 7.44. The van der Waals surface area contributed by atoms with Crippen molar-refractivity contribution >= 4 is 21.8 Å². The molecule has 2 fully saturated rings. The number of morpholine rings is 1. The Morgan fingerprint density at radius 2 is 1.73 bits per heavy atom. The highest BCUT2D eigenvalue weighted by Gasteiger charge is 2.35. The first-order chi connectivity index (χ1) is 14.4. The molecule has 1 aromatic carbocycles. The third-order valence-electron chi connectivity index (χ3n) is 5.47. The molecule has 0 aliphatic carbocycles. The van der Waals surface area contributed by atoms with Crippen LogP contribution in [-0.4, -0.2) is 88.0 Å². The Kier molecular flexibility index (Phi) is 7.81. The highest BCUT2D eigenvalue weighted by atomic mass is 32.2. The van der Waals surface area contributed by atoms with E-state index in [0.29, 0.717) is 39.3 Å². The fourth-order valence-corrected chi connectivity index (χ4v) is 5.39. The molecule has 0 bridgehead atoms. The number of ether oxygens (including phenoxy) is 1. The molecule has 2 aliphatic heterocycles. The van der Waals surface area contributed by atoms with Crippen LogP contribution < -0.4 is 10.6 Å². The number of aryl methyl sites for hydroxylation is 1. The monoisotopic (exact) mass is 438 g/mol. The Hall–Kier alpha value is -2.01. The highest BCUT2D eigenvalue weighted by molar-refractivity contribution is 7.89. The van der Waals surface area contributed by atoms with Crippen molar-refractivity contribution in [2.24, 2.45) is 0 Å². The van der Waals surface area contributed by atoms with E-state index in [0.717, 1.165) is 25.1 Å². The van der Waals surface area contributed by atoms with Crippen LogP contribution in [0.4, 0.5) is 0 Å². The quantitative estimate of drug-likeness (QED) is 0.567. The molecule has 3 rings (SSSR count). The predicted octanol–water partition coefficient (Wildman–Crippen LogP) is -0.287. The van der Waals surface area contributed by atoms with E-state index in [1.54, 1.807) is 24.3 Å². The van der Waals surface area contributed by atoms with E-state index in [2.05, 4.69) is 15.5 Å².